The van der Waals surface area contributed by atoms with Gasteiger partial charge in [-0.1, -0.05) is 17.3 Å². The van der Waals surface area contributed by atoms with Crippen LogP contribution in [0.1, 0.15) is 27.2 Å². The van der Waals surface area contributed by atoms with Crippen LogP contribution in [0.2, 0.25) is 0 Å². The van der Waals surface area contributed by atoms with E-state index < -0.39 is 0 Å². The van der Waals surface area contributed by atoms with Crippen LogP contribution < -0.4 is 10.1 Å². The Morgan fingerprint density at radius 3 is 2.72 bits per heavy atom. The molecule has 29 heavy (non-hydrogen) atoms. The zero-order chi connectivity index (χ0) is 20.6. The van der Waals surface area contributed by atoms with Crippen molar-refractivity contribution in [2.45, 2.75) is 26.6 Å². The summed E-state index contributed by atoms with van der Waals surface area (Å²) in [5, 5.41) is 10.9. The molecule has 0 aliphatic heterocycles. The second-order valence-corrected chi connectivity index (χ2v) is 6.95. The first kappa shape index (κ1) is 20.5. The second-order valence-electron chi connectivity index (χ2n) is 6.95. The Kier molecular flexibility index (Phi) is 6.91. The van der Waals surface area contributed by atoms with Crippen molar-refractivity contribution in [3.8, 4) is 5.75 Å². The summed E-state index contributed by atoms with van der Waals surface area (Å²) in [6, 6.07) is 9.92. The molecule has 1 N–H and O–H groups in total. The van der Waals surface area contributed by atoms with Crippen molar-refractivity contribution in [2.24, 2.45) is 0 Å². The number of rotatable bonds is 9. The van der Waals surface area contributed by atoms with Crippen LogP contribution in [0, 0.1) is 6.92 Å². The van der Waals surface area contributed by atoms with E-state index in [2.05, 4.69) is 44.7 Å². The van der Waals surface area contributed by atoms with Gasteiger partial charge in [0.25, 0.3) is 5.91 Å². The van der Waals surface area contributed by atoms with E-state index in [1.54, 1.807) is 30.4 Å². The predicted molar refractivity (Wildman–Crippen MR) is 109 cm³/mol. The molecule has 0 saturated heterocycles. The van der Waals surface area contributed by atoms with Crippen molar-refractivity contribution < 1.29 is 9.53 Å². The maximum atomic E-state index is 12.2. The average Bonchev–Trinajstić information content (AvgIpc) is 3.21. The Labute approximate surface area is 170 Å². The van der Waals surface area contributed by atoms with Gasteiger partial charge in [0.1, 0.15) is 5.75 Å². The summed E-state index contributed by atoms with van der Waals surface area (Å²) in [7, 11) is 3.73. The number of hydrogen-bond donors (Lipinski definition) is 1. The molecule has 0 saturated carbocycles. The Morgan fingerprint density at radius 2 is 2.00 bits per heavy atom. The number of nitrogens with one attached hydrogen (secondary N) is 1. The minimum Gasteiger partial charge on any atom is -0.496 e. The highest BCUT2D eigenvalue weighted by atomic mass is 16.5. The monoisotopic (exact) mass is 394 g/mol. The molecule has 0 atom stereocenters. The highest BCUT2D eigenvalue weighted by Gasteiger charge is 2.11. The van der Waals surface area contributed by atoms with Gasteiger partial charge in [-0.3, -0.25) is 14.5 Å². The van der Waals surface area contributed by atoms with Gasteiger partial charge in [-0.25, -0.2) is 0 Å². The van der Waals surface area contributed by atoms with Crippen LogP contribution in [0.15, 0.2) is 48.9 Å². The summed E-state index contributed by atoms with van der Waals surface area (Å²) < 4.78 is 7.00. The number of ether oxygens (including phenoxy) is 1. The molecule has 1 aromatic carbocycles. The van der Waals surface area contributed by atoms with E-state index in [-0.39, 0.29) is 5.91 Å². The molecule has 0 radical (unpaired) electrons. The van der Waals surface area contributed by atoms with Crippen molar-refractivity contribution in [3.63, 3.8) is 0 Å². The van der Waals surface area contributed by atoms with Gasteiger partial charge in [0.2, 0.25) is 0 Å². The number of hydrogen-bond acceptors (Lipinski definition) is 6. The fourth-order valence-electron chi connectivity index (χ4n) is 2.99. The molecular weight excluding hydrogens is 368 g/mol. The van der Waals surface area contributed by atoms with Gasteiger partial charge in [-0.2, -0.15) is 0 Å². The second kappa shape index (κ2) is 9.79. The van der Waals surface area contributed by atoms with E-state index in [4.69, 9.17) is 4.74 Å². The summed E-state index contributed by atoms with van der Waals surface area (Å²) in [6.45, 7) is 4.72. The topological polar surface area (TPSA) is 85.2 Å². The Hall–Kier alpha value is -3.26. The van der Waals surface area contributed by atoms with E-state index >= 15 is 0 Å². The molecule has 2 heterocycles. The standard InChI is InChI=1S/C21H26N6O2/c1-16-12-18(4-5-20(16)29-3)14-26(2)10-11-27-15-19(24-25-27)21(28)23-13-17-6-8-22-9-7-17/h4-9,12,15H,10-11,13-14H2,1-3H3,(H,23,28). The quantitative estimate of drug-likeness (QED) is 0.598. The molecule has 152 valence electrons. The Morgan fingerprint density at radius 1 is 1.21 bits per heavy atom. The maximum absolute atomic E-state index is 12.2. The number of benzene rings is 1. The molecule has 0 spiro atoms. The lowest BCUT2D eigenvalue weighted by atomic mass is 10.1. The van der Waals surface area contributed by atoms with Crippen LogP contribution in [0.4, 0.5) is 0 Å². The number of pyridine rings is 1. The number of aryl methyl sites for hydroxylation is 1. The fraction of sp³-hybridized carbons (Fsp3) is 0.333. The number of methoxy groups -OCH3 is 1. The minimum atomic E-state index is -0.241. The van der Waals surface area contributed by atoms with Crippen molar-refractivity contribution in [2.75, 3.05) is 20.7 Å². The lowest BCUT2D eigenvalue weighted by Gasteiger charge is -2.17. The van der Waals surface area contributed by atoms with E-state index in [0.29, 0.717) is 18.8 Å². The Bertz CT molecular complexity index is 941. The van der Waals surface area contributed by atoms with E-state index in [9.17, 15) is 4.79 Å². The third-order valence-electron chi connectivity index (χ3n) is 4.60. The Balaban J connectivity index is 1.47. The number of carbonyl (C=O) groups is 1. The van der Waals surface area contributed by atoms with Crippen molar-refractivity contribution in [1.29, 1.82) is 0 Å². The molecule has 0 aliphatic rings. The number of nitrogens with zero attached hydrogens (tertiary/aromatic N) is 5. The van der Waals surface area contributed by atoms with Crippen molar-refractivity contribution in [1.82, 2.24) is 30.2 Å². The van der Waals surface area contributed by atoms with Gasteiger partial charge < -0.3 is 15.0 Å². The first-order valence-electron chi connectivity index (χ1n) is 9.44. The summed E-state index contributed by atoms with van der Waals surface area (Å²) in [5.41, 5.74) is 3.64. The smallest absolute Gasteiger partial charge is 0.273 e. The third-order valence-corrected chi connectivity index (χ3v) is 4.60. The lowest BCUT2D eigenvalue weighted by Crippen LogP contribution is -2.24. The summed E-state index contributed by atoms with van der Waals surface area (Å²) in [5.74, 6) is 0.656. The summed E-state index contributed by atoms with van der Waals surface area (Å²) >= 11 is 0. The third kappa shape index (κ3) is 5.86. The molecule has 8 heteroatoms. The minimum absolute atomic E-state index is 0.241. The van der Waals surface area contributed by atoms with Gasteiger partial charge in [0.05, 0.1) is 19.9 Å². The highest BCUT2D eigenvalue weighted by molar-refractivity contribution is 5.91. The van der Waals surface area contributed by atoms with Gasteiger partial charge in [-0.05, 0) is 48.9 Å². The fourth-order valence-corrected chi connectivity index (χ4v) is 2.99. The molecule has 3 aromatic rings. The molecule has 0 fully saturated rings. The molecule has 0 unspecified atom stereocenters. The number of likely N-dealkylation sites (N-methyl/N-ethyl adjacent to an activating group) is 1. The zero-order valence-corrected chi connectivity index (χ0v) is 17.0. The summed E-state index contributed by atoms with van der Waals surface area (Å²) in [6.07, 6.45) is 5.07. The van der Waals surface area contributed by atoms with Crippen LogP contribution in [0.25, 0.3) is 0 Å². The lowest BCUT2D eigenvalue weighted by molar-refractivity contribution is 0.0946. The van der Waals surface area contributed by atoms with Crippen molar-refractivity contribution in [3.05, 3.63) is 71.3 Å². The number of carbonyl (C=O) groups excluding carboxylic acids is 1. The van der Waals surface area contributed by atoms with Gasteiger partial charge in [-0.15, -0.1) is 5.10 Å². The van der Waals surface area contributed by atoms with E-state index in [0.717, 1.165) is 30.0 Å². The largest absolute Gasteiger partial charge is 0.496 e. The SMILES string of the molecule is COc1ccc(CN(C)CCn2cc(C(=O)NCc3ccncc3)nn2)cc1C. The highest BCUT2D eigenvalue weighted by Crippen LogP contribution is 2.19. The maximum Gasteiger partial charge on any atom is 0.273 e. The van der Waals surface area contributed by atoms with E-state index in [1.807, 2.05) is 25.1 Å². The molecule has 0 bridgehead atoms. The van der Waals surface area contributed by atoms with Crippen LogP contribution in [0.5, 0.6) is 5.75 Å². The molecule has 3 rings (SSSR count). The van der Waals surface area contributed by atoms with Gasteiger partial charge >= 0.3 is 0 Å². The average molecular weight is 394 g/mol. The van der Waals surface area contributed by atoms with Crippen LogP contribution in [0.3, 0.4) is 0 Å². The molecular formula is C21H26N6O2. The van der Waals surface area contributed by atoms with Gasteiger partial charge in [0.15, 0.2) is 5.69 Å². The molecule has 2 aromatic heterocycles. The van der Waals surface area contributed by atoms with Gasteiger partial charge in [0, 0.05) is 32.0 Å². The molecule has 8 nitrogen and oxygen atoms in total. The molecule has 1 amide bonds. The van der Waals surface area contributed by atoms with Crippen LogP contribution >= 0.6 is 0 Å². The molecule has 0 aliphatic carbocycles. The summed E-state index contributed by atoms with van der Waals surface area (Å²) in [4.78, 5) is 18.4. The van der Waals surface area contributed by atoms with Crippen LogP contribution in [-0.2, 0) is 19.6 Å². The van der Waals surface area contributed by atoms with Crippen molar-refractivity contribution >= 4 is 5.91 Å². The normalized spacial score (nSPS) is 10.9. The zero-order valence-electron chi connectivity index (χ0n) is 17.0. The predicted octanol–water partition coefficient (Wildman–Crippen LogP) is 2.05. The first-order chi connectivity index (χ1) is 14.0. The number of aromatic nitrogens is 4. The van der Waals surface area contributed by atoms with Crippen LogP contribution in [-0.4, -0.2) is 51.5 Å². The first-order valence-corrected chi connectivity index (χ1v) is 9.44. The van der Waals surface area contributed by atoms with E-state index in [1.165, 1.54) is 5.56 Å². The number of amides is 1.